The van der Waals surface area contributed by atoms with Gasteiger partial charge < -0.3 is 9.47 Å². The summed E-state index contributed by atoms with van der Waals surface area (Å²) in [6, 6.07) is 3.71. The molecule has 0 N–H and O–H groups in total. The molecule has 0 aliphatic carbocycles. The number of benzene rings is 1. The number of ether oxygens (including phenoxy) is 2. The lowest BCUT2D eigenvalue weighted by molar-refractivity contribution is -0.275. The van der Waals surface area contributed by atoms with E-state index in [1.807, 2.05) is 0 Å². The van der Waals surface area contributed by atoms with E-state index in [2.05, 4.69) is 20.7 Å². The summed E-state index contributed by atoms with van der Waals surface area (Å²) < 4.78 is 47.9. The Balaban J connectivity index is 2.62. The molecule has 1 aromatic rings. The first-order chi connectivity index (χ1) is 10.7. The van der Waals surface area contributed by atoms with Crippen LogP contribution in [0.5, 0.6) is 5.75 Å². The molecule has 1 aliphatic rings. The minimum absolute atomic E-state index is 0.138. The molecule has 0 unspecified atom stereocenters. The first-order valence-electron chi connectivity index (χ1n) is 7.08. The molecule has 2 rings (SSSR count). The van der Waals surface area contributed by atoms with E-state index in [1.54, 1.807) is 0 Å². The third-order valence-corrected chi connectivity index (χ3v) is 4.22. The number of hydrogen-bond donors (Lipinski definition) is 0. The van der Waals surface area contributed by atoms with E-state index in [0.29, 0.717) is 4.47 Å². The molecule has 0 aromatic heterocycles. The molecule has 8 heteroatoms. The van der Waals surface area contributed by atoms with Crippen LogP contribution in [-0.2, 0) is 14.3 Å². The van der Waals surface area contributed by atoms with Crippen LogP contribution in [0.2, 0.25) is 0 Å². The average Bonchev–Trinajstić information content (AvgIpc) is 2.38. The Bertz CT molecular complexity index is 669. The van der Waals surface area contributed by atoms with Crippen LogP contribution in [-0.4, -0.2) is 29.1 Å². The van der Waals surface area contributed by atoms with E-state index in [4.69, 9.17) is 4.74 Å². The Hall–Kier alpha value is -1.41. The number of carbonyl (C=O) groups excluding carboxylic acids is 2. The summed E-state index contributed by atoms with van der Waals surface area (Å²) in [7, 11) is 0. The zero-order valence-electron chi connectivity index (χ0n) is 13.5. The summed E-state index contributed by atoms with van der Waals surface area (Å²) in [6.07, 6.45) is -4.94. The zero-order valence-corrected chi connectivity index (χ0v) is 15.0. The van der Waals surface area contributed by atoms with Gasteiger partial charge in [-0.05, 0) is 45.9 Å². The first-order valence-corrected chi connectivity index (χ1v) is 7.88. The topological polar surface area (TPSA) is 52.6 Å². The smallest absolute Gasteiger partial charge is 0.405 e. The minimum Gasteiger partial charge on any atom is -0.405 e. The molecule has 0 radical (unpaired) electrons. The van der Waals surface area contributed by atoms with Crippen molar-refractivity contribution >= 4 is 27.5 Å². The van der Waals surface area contributed by atoms with Gasteiger partial charge in [0.1, 0.15) is 22.9 Å². The third kappa shape index (κ3) is 3.64. The molecule has 0 amide bonds. The lowest BCUT2D eigenvalue weighted by atomic mass is 9.75. The monoisotopic (exact) mass is 408 g/mol. The van der Waals surface area contributed by atoms with Crippen molar-refractivity contribution in [2.24, 2.45) is 0 Å². The van der Waals surface area contributed by atoms with E-state index >= 15 is 0 Å². The summed E-state index contributed by atoms with van der Waals surface area (Å²) in [4.78, 5) is 25.4. The van der Waals surface area contributed by atoms with Gasteiger partial charge in [0.05, 0.1) is 0 Å². The molecule has 1 heterocycles. The zero-order chi connectivity index (χ0) is 18.5. The molecule has 0 atom stereocenters. The summed E-state index contributed by atoms with van der Waals surface area (Å²) in [5, 5.41) is 0. The van der Waals surface area contributed by atoms with Gasteiger partial charge in [-0.1, -0.05) is 15.9 Å². The van der Waals surface area contributed by atoms with Gasteiger partial charge >= 0.3 is 6.36 Å². The van der Waals surface area contributed by atoms with Crippen LogP contribution in [0.25, 0.3) is 0 Å². The number of halogens is 4. The molecule has 1 aliphatic heterocycles. The molecule has 0 bridgehead atoms. The van der Waals surface area contributed by atoms with Crippen LogP contribution in [0, 0.1) is 0 Å². The highest BCUT2D eigenvalue weighted by molar-refractivity contribution is 9.10. The molecule has 4 nitrogen and oxygen atoms in total. The van der Waals surface area contributed by atoms with Crippen molar-refractivity contribution in [3.8, 4) is 5.75 Å². The summed E-state index contributed by atoms with van der Waals surface area (Å²) in [6.45, 7) is 5.94. The fraction of sp³-hybridized carbons (Fsp3) is 0.500. The molecule has 1 saturated heterocycles. The van der Waals surface area contributed by atoms with Crippen LogP contribution >= 0.6 is 15.9 Å². The second-order valence-corrected chi connectivity index (χ2v) is 7.43. The summed E-state index contributed by atoms with van der Waals surface area (Å²) >= 11 is 3.15. The maximum atomic E-state index is 12.7. The quantitative estimate of drug-likeness (QED) is 0.689. The molecule has 1 aromatic carbocycles. The number of Topliss-reactive ketones (excluding diaryl/α,β-unsaturated/α-hetero) is 2. The van der Waals surface area contributed by atoms with Crippen molar-refractivity contribution in [3.63, 3.8) is 0 Å². The second kappa shape index (κ2) is 5.84. The van der Waals surface area contributed by atoms with Gasteiger partial charge in [0, 0.05) is 10.0 Å². The van der Waals surface area contributed by atoms with Gasteiger partial charge in [-0.15, -0.1) is 13.2 Å². The highest BCUT2D eigenvalue weighted by atomic mass is 79.9. The Kier molecular flexibility index (Phi) is 4.60. The van der Waals surface area contributed by atoms with Crippen LogP contribution in [0.15, 0.2) is 22.7 Å². The van der Waals surface area contributed by atoms with Gasteiger partial charge in [-0.2, -0.15) is 0 Å². The average molecular weight is 409 g/mol. The van der Waals surface area contributed by atoms with Crippen molar-refractivity contribution in [3.05, 3.63) is 28.2 Å². The molecular formula is C16H16BrF3O4. The van der Waals surface area contributed by atoms with Gasteiger partial charge in [-0.25, -0.2) is 0 Å². The third-order valence-electron chi connectivity index (χ3n) is 3.73. The predicted molar refractivity (Wildman–Crippen MR) is 82.8 cm³/mol. The maximum absolute atomic E-state index is 12.7. The normalized spacial score (nSPS) is 21.0. The van der Waals surface area contributed by atoms with Crippen molar-refractivity contribution in [2.45, 2.75) is 51.2 Å². The van der Waals surface area contributed by atoms with Crippen molar-refractivity contribution in [1.29, 1.82) is 0 Å². The summed E-state index contributed by atoms with van der Waals surface area (Å²) in [5.74, 6) is -3.21. The number of hydrogen-bond acceptors (Lipinski definition) is 4. The Morgan fingerprint density at radius 3 is 2.04 bits per heavy atom. The van der Waals surface area contributed by atoms with Crippen molar-refractivity contribution in [2.75, 3.05) is 0 Å². The molecule has 0 spiro atoms. The lowest BCUT2D eigenvalue weighted by Gasteiger charge is -2.42. The van der Waals surface area contributed by atoms with E-state index in [9.17, 15) is 22.8 Å². The largest absolute Gasteiger partial charge is 0.573 e. The predicted octanol–water partition coefficient (Wildman–Crippen LogP) is 4.16. The second-order valence-electron chi connectivity index (χ2n) is 6.51. The van der Waals surface area contributed by atoms with E-state index in [0.717, 1.165) is 6.07 Å². The Morgan fingerprint density at radius 1 is 1.08 bits per heavy atom. The summed E-state index contributed by atoms with van der Waals surface area (Å²) in [5.41, 5.74) is -2.78. The van der Waals surface area contributed by atoms with Gasteiger partial charge in [0.2, 0.25) is 0 Å². The molecule has 24 heavy (non-hydrogen) atoms. The molecule has 1 fully saturated rings. The number of carbonyl (C=O) groups is 2. The minimum atomic E-state index is -4.94. The Morgan fingerprint density at radius 2 is 1.58 bits per heavy atom. The van der Waals surface area contributed by atoms with E-state index < -0.39 is 40.8 Å². The van der Waals surface area contributed by atoms with Gasteiger partial charge in [0.15, 0.2) is 11.6 Å². The van der Waals surface area contributed by atoms with E-state index in [-0.39, 0.29) is 5.56 Å². The van der Waals surface area contributed by atoms with Crippen LogP contribution < -0.4 is 4.74 Å². The molecule has 132 valence electrons. The first kappa shape index (κ1) is 18.9. The molecule has 0 saturated carbocycles. The fourth-order valence-electron chi connectivity index (χ4n) is 2.80. The Labute approximate surface area is 145 Å². The van der Waals surface area contributed by atoms with Crippen LogP contribution in [0.1, 0.15) is 39.2 Å². The standard InChI is InChI=1S/C16H16BrF3O4/c1-14(2)12(21)11(13(22)15(3,4)24-14)9-7-8(17)5-6-10(9)23-16(18,19)20/h5-7,11H,1-4H3. The van der Waals surface area contributed by atoms with Crippen LogP contribution in [0.3, 0.4) is 0 Å². The SMILES string of the molecule is CC1(C)OC(C)(C)C(=O)C(c2cc(Br)ccc2OC(F)(F)F)C1=O. The van der Waals surface area contributed by atoms with Gasteiger partial charge in [0.25, 0.3) is 0 Å². The maximum Gasteiger partial charge on any atom is 0.573 e. The van der Waals surface area contributed by atoms with Gasteiger partial charge in [-0.3, -0.25) is 9.59 Å². The number of alkyl halides is 3. The number of ketones is 2. The van der Waals surface area contributed by atoms with E-state index in [1.165, 1.54) is 39.8 Å². The number of rotatable bonds is 2. The molecular weight excluding hydrogens is 393 g/mol. The van der Waals surface area contributed by atoms with Crippen molar-refractivity contribution < 1.29 is 32.2 Å². The lowest BCUT2D eigenvalue weighted by Crippen LogP contribution is -2.57. The van der Waals surface area contributed by atoms with Crippen LogP contribution in [0.4, 0.5) is 13.2 Å². The highest BCUT2D eigenvalue weighted by Gasteiger charge is 2.54. The fourth-order valence-corrected chi connectivity index (χ4v) is 3.18. The van der Waals surface area contributed by atoms with Crippen molar-refractivity contribution in [1.82, 2.24) is 0 Å². The highest BCUT2D eigenvalue weighted by Crippen LogP contribution is 2.43.